The monoisotopic (exact) mass is 298 g/mol. The van der Waals surface area contributed by atoms with Crippen LogP contribution in [0.15, 0.2) is 18.2 Å². The average Bonchev–Trinajstić information content (AvgIpc) is 2.83. The van der Waals surface area contributed by atoms with E-state index in [9.17, 15) is 4.79 Å². The molecular formula is C19H26N2O. The second kappa shape index (κ2) is 6.55. The molecule has 0 atom stereocenters. The summed E-state index contributed by atoms with van der Waals surface area (Å²) >= 11 is 0. The summed E-state index contributed by atoms with van der Waals surface area (Å²) in [6.07, 6.45) is 6.73. The number of aromatic amines is 1. The normalized spacial score (nSPS) is 16.1. The third-order valence-electron chi connectivity index (χ3n) is 4.93. The number of carbonyl (C=O) groups is 1. The van der Waals surface area contributed by atoms with E-state index in [0.717, 1.165) is 25.8 Å². The van der Waals surface area contributed by atoms with Crippen LogP contribution in [0.5, 0.6) is 0 Å². The first-order chi connectivity index (χ1) is 10.6. The lowest BCUT2D eigenvalue weighted by Gasteiger charge is -2.20. The first kappa shape index (κ1) is 15.1. The van der Waals surface area contributed by atoms with Crippen LogP contribution >= 0.6 is 0 Å². The Kier molecular flexibility index (Phi) is 4.51. The van der Waals surface area contributed by atoms with Gasteiger partial charge in [0.2, 0.25) is 5.91 Å². The van der Waals surface area contributed by atoms with Crippen molar-refractivity contribution in [1.29, 1.82) is 0 Å². The molecule has 118 valence electrons. The highest BCUT2D eigenvalue weighted by Crippen LogP contribution is 2.25. The molecule has 1 saturated carbocycles. The molecule has 0 bridgehead atoms. The summed E-state index contributed by atoms with van der Waals surface area (Å²) in [5, 5.41) is 4.44. The highest BCUT2D eigenvalue weighted by atomic mass is 16.1. The van der Waals surface area contributed by atoms with Crippen LogP contribution in [-0.4, -0.2) is 17.4 Å². The van der Waals surface area contributed by atoms with Crippen LogP contribution in [0.1, 0.15) is 48.9 Å². The Morgan fingerprint density at radius 2 is 2.00 bits per heavy atom. The number of H-pyrrole nitrogens is 1. The van der Waals surface area contributed by atoms with Crippen molar-refractivity contribution in [3.8, 4) is 0 Å². The quantitative estimate of drug-likeness (QED) is 0.879. The van der Waals surface area contributed by atoms with Crippen molar-refractivity contribution in [2.24, 2.45) is 5.92 Å². The molecule has 3 nitrogen and oxygen atoms in total. The molecule has 0 aliphatic heterocycles. The van der Waals surface area contributed by atoms with Crippen LogP contribution in [0.25, 0.3) is 10.9 Å². The predicted octanol–water partition coefficient (Wildman–Crippen LogP) is 4.02. The zero-order valence-electron chi connectivity index (χ0n) is 13.7. The molecule has 1 aromatic heterocycles. The molecule has 2 N–H and O–H groups in total. The first-order valence-electron chi connectivity index (χ1n) is 8.50. The summed E-state index contributed by atoms with van der Waals surface area (Å²) < 4.78 is 0. The van der Waals surface area contributed by atoms with Gasteiger partial charge in [0.1, 0.15) is 0 Å². The Morgan fingerprint density at radius 1 is 1.23 bits per heavy atom. The van der Waals surface area contributed by atoms with E-state index in [1.54, 1.807) is 0 Å². The standard InChI is InChI=1S/C19H26N2O/c1-13-8-9-18-17(12-13)16(14(2)21-18)10-11-20-19(22)15-6-4-3-5-7-15/h8-9,12,15,21H,3-7,10-11H2,1-2H3,(H,20,22). The van der Waals surface area contributed by atoms with E-state index < -0.39 is 0 Å². The molecular weight excluding hydrogens is 272 g/mol. The molecule has 0 radical (unpaired) electrons. The third kappa shape index (κ3) is 3.18. The van der Waals surface area contributed by atoms with Crippen molar-refractivity contribution in [2.45, 2.75) is 52.4 Å². The molecule has 0 unspecified atom stereocenters. The minimum Gasteiger partial charge on any atom is -0.358 e. The van der Waals surface area contributed by atoms with Gasteiger partial charge in [-0.05, 0) is 50.8 Å². The molecule has 3 rings (SSSR count). The Labute approximate surface area is 132 Å². The highest BCUT2D eigenvalue weighted by Gasteiger charge is 2.20. The largest absolute Gasteiger partial charge is 0.358 e. The minimum atomic E-state index is 0.250. The second-order valence-corrected chi connectivity index (χ2v) is 6.65. The SMILES string of the molecule is Cc1ccc2[nH]c(C)c(CCNC(=O)C3CCCCC3)c2c1. The number of fused-ring (bicyclic) bond motifs is 1. The number of hydrogen-bond donors (Lipinski definition) is 2. The average molecular weight is 298 g/mol. The fraction of sp³-hybridized carbons (Fsp3) is 0.526. The molecule has 1 fully saturated rings. The molecule has 22 heavy (non-hydrogen) atoms. The molecule has 0 saturated heterocycles. The number of hydrogen-bond acceptors (Lipinski definition) is 1. The Bertz CT molecular complexity index is 665. The van der Waals surface area contributed by atoms with Crippen molar-refractivity contribution in [3.63, 3.8) is 0 Å². The van der Waals surface area contributed by atoms with Gasteiger partial charge in [-0.2, -0.15) is 0 Å². The predicted molar refractivity (Wildman–Crippen MR) is 91.1 cm³/mol. The lowest BCUT2D eigenvalue weighted by Crippen LogP contribution is -2.33. The van der Waals surface area contributed by atoms with E-state index in [1.807, 2.05) is 0 Å². The summed E-state index contributed by atoms with van der Waals surface area (Å²) in [6.45, 7) is 4.97. The van der Waals surface area contributed by atoms with E-state index in [4.69, 9.17) is 0 Å². The van der Waals surface area contributed by atoms with E-state index in [0.29, 0.717) is 0 Å². The van der Waals surface area contributed by atoms with E-state index >= 15 is 0 Å². The summed E-state index contributed by atoms with van der Waals surface area (Å²) in [4.78, 5) is 15.7. The summed E-state index contributed by atoms with van der Waals surface area (Å²) in [5.74, 6) is 0.508. The molecule has 0 spiro atoms. The van der Waals surface area contributed by atoms with Crippen LogP contribution in [0.2, 0.25) is 0 Å². The van der Waals surface area contributed by atoms with Crippen LogP contribution in [0.4, 0.5) is 0 Å². The fourth-order valence-corrected chi connectivity index (χ4v) is 3.64. The van der Waals surface area contributed by atoms with Gasteiger partial charge in [0.15, 0.2) is 0 Å². The van der Waals surface area contributed by atoms with Gasteiger partial charge < -0.3 is 10.3 Å². The van der Waals surface area contributed by atoms with Gasteiger partial charge in [-0.25, -0.2) is 0 Å². The van der Waals surface area contributed by atoms with Gasteiger partial charge in [0.25, 0.3) is 0 Å². The van der Waals surface area contributed by atoms with Crippen molar-refractivity contribution >= 4 is 16.8 Å². The third-order valence-corrected chi connectivity index (χ3v) is 4.93. The maximum absolute atomic E-state index is 12.2. The van der Waals surface area contributed by atoms with Gasteiger partial charge in [-0.1, -0.05) is 30.9 Å². The first-order valence-corrected chi connectivity index (χ1v) is 8.50. The van der Waals surface area contributed by atoms with Gasteiger partial charge in [-0.3, -0.25) is 4.79 Å². The number of rotatable bonds is 4. The molecule has 1 aliphatic carbocycles. The number of carbonyl (C=O) groups excluding carboxylic acids is 1. The van der Waals surface area contributed by atoms with Crippen molar-refractivity contribution in [2.75, 3.05) is 6.54 Å². The number of aryl methyl sites for hydroxylation is 2. The van der Waals surface area contributed by atoms with E-state index in [2.05, 4.69) is 42.3 Å². The van der Waals surface area contributed by atoms with E-state index in [-0.39, 0.29) is 11.8 Å². The molecule has 1 amide bonds. The van der Waals surface area contributed by atoms with Crippen LogP contribution < -0.4 is 5.32 Å². The minimum absolute atomic E-state index is 0.250. The molecule has 1 heterocycles. The van der Waals surface area contributed by atoms with Gasteiger partial charge in [-0.15, -0.1) is 0 Å². The van der Waals surface area contributed by atoms with Crippen molar-refractivity contribution in [3.05, 3.63) is 35.0 Å². The number of nitrogens with one attached hydrogen (secondary N) is 2. The zero-order valence-corrected chi connectivity index (χ0v) is 13.7. The summed E-state index contributed by atoms with van der Waals surface area (Å²) in [5.41, 5.74) is 5.02. The Balaban J connectivity index is 1.62. The maximum Gasteiger partial charge on any atom is 0.223 e. The van der Waals surface area contributed by atoms with Crippen LogP contribution in [-0.2, 0) is 11.2 Å². The summed E-state index contributed by atoms with van der Waals surface area (Å²) in [7, 11) is 0. The molecule has 3 heteroatoms. The molecule has 1 aliphatic rings. The molecule has 1 aromatic carbocycles. The number of aromatic nitrogens is 1. The van der Waals surface area contributed by atoms with Crippen molar-refractivity contribution < 1.29 is 4.79 Å². The number of benzene rings is 1. The highest BCUT2D eigenvalue weighted by molar-refractivity contribution is 5.85. The Hall–Kier alpha value is -1.77. The second-order valence-electron chi connectivity index (χ2n) is 6.65. The van der Waals surface area contributed by atoms with Gasteiger partial charge >= 0.3 is 0 Å². The lowest BCUT2D eigenvalue weighted by atomic mass is 9.88. The Morgan fingerprint density at radius 3 is 2.77 bits per heavy atom. The smallest absolute Gasteiger partial charge is 0.223 e. The van der Waals surface area contributed by atoms with Crippen LogP contribution in [0, 0.1) is 19.8 Å². The topological polar surface area (TPSA) is 44.9 Å². The maximum atomic E-state index is 12.2. The van der Waals surface area contributed by atoms with Gasteiger partial charge in [0, 0.05) is 29.1 Å². The van der Waals surface area contributed by atoms with E-state index in [1.165, 1.54) is 47.0 Å². The van der Waals surface area contributed by atoms with Crippen LogP contribution in [0.3, 0.4) is 0 Å². The lowest BCUT2D eigenvalue weighted by molar-refractivity contribution is -0.125. The zero-order chi connectivity index (χ0) is 15.5. The summed E-state index contributed by atoms with van der Waals surface area (Å²) in [6, 6.07) is 6.51. The van der Waals surface area contributed by atoms with Crippen molar-refractivity contribution in [1.82, 2.24) is 10.3 Å². The van der Waals surface area contributed by atoms with Gasteiger partial charge in [0.05, 0.1) is 0 Å². The molecule has 2 aromatic rings. The number of amides is 1. The fourth-order valence-electron chi connectivity index (χ4n) is 3.64.